The molecule has 0 aromatic heterocycles. The van der Waals surface area contributed by atoms with Crippen molar-refractivity contribution in [3.63, 3.8) is 0 Å². The zero-order valence-corrected chi connectivity index (χ0v) is 13.4. The van der Waals surface area contributed by atoms with Gasteiger partial charge >= 0.3 is 0 Å². The van der Waals surface area contributed by atoms with Crippen molar-refractivity contribution in [1.29, 1.82) is 0 Å². The molecule has 1 aliphatic carbocycles. The van der Waals surface area contributed by atoms with Crippen molar-refractivity contribution >= 4 is 15.9 Å². The van der Waals surface area contributed by atoms with Crippen LogP contribution >= 0.6 is 15.9 Å². The Morgan fingerprint density at radius 1 is 1.22 bits per heavy atom. The lowest BCUT2D eigenvalue weighted by Crippen LogP contribution is -2.22. The largest absolute Gasteiger partial charge is 0.496 e. The summed E-state index contributed by atoms with van der Waals surface area (Å²) in [6, 6.07) is 6.69. The molecule has 0 heterocycles. The Kier molecular flexibility index (Phi) is 3.50. The molecule has 0 radical (unpaired) electrons. The van der Waals surface area contributed by atoms with Gasteiger partial charge in [0.1, 0.15) is 5.75 Å². The lowest BCUT2D eigenvalue weighted by molar-refractivity contribution is 0.406. The van der Waals surface area contributed by atoms with Gasteiger partial charge in [-0.3, -0.25) is 0 Å². The molecule has 1 aromatic carbocycles. The van der Waals surface area contributed by atoms with Gasteiger partial charge in [-0.25, -0.2) is 0 Å². The Morgan fingerprint density at radius 3 is 2.33 bits per heavy atom. The van der Waals surface area contributed by atoms with Gasteiger partial charge in [0.25, 0.3) is 0 Å². The van der Waals surface area contributed by atoms with E-state index in [9.17, 15) is 0 Å². The number of hydrogen-bond donors (Lipinski definition) is 1. The average Bonchev–Trinajstić information content (AvgIpc) is 2.67. The van der Waals surface area contributed by atoms with Crippen molar-refractivity contribution < 1.29 is 4.74 Å². The van der Waals surface area contributed by atoms with E-state index >= 15 is 0 Å². The Balaban J connectivity index is 2.06. The van der Waals surface area contributed by atoms with Crippen molar-refractivity contribution in [2.45, 2.75) is 40.3 Å². The molecule has 1 aliphatic rings. The second kappa shape index (κ2) is 4.53. The zero-order chi connectivity index (χ0) is 13.6. The van der Waals surface area contributed by atoms with Crippen LogP contribution in [0, 0.1) is 10.8 Å². The molecule has 0 atom stereocenters. The molecule has 2 rings (SSSR count). The highest BCUT2D eigenvalue weighted by Crippen LogP contribution is 2.62. The monoisotopic (exact) mass is 311 g/mol. The Bertz CT molecular complexity index is 440. The molecule has 0 unspecified atom stereocenters. The van der Waals surface area contributed by atoms with Crippen LogP contribution in [-0.4, -0.2) is 13.2 Å². The fraction of sp³-hybridized carbons (Fsp3) is 0.600. The van der Waals surface area contributed by atoms with Gasteiger partial charge < -0.3 is 10.1 Å². The van der Waals surface area contributed by atoms with Crippen LogP contribution in [0.2, 0.25) is 0 Å². The minimum atomic E-state index is 0.367. The van der Waals surface area contributed by atoms with Crippen LogP contribution in [0.15, 0.2) is 22.7 Å². The van der Waals surface area contributed by atoms with E-state index in [0.29, 0.717) is 16.9 Å². The Morgan fingerprint density at radius 2 is 1.83 bits per heavy atom. The van der Waals surface area contributed by atoms with Crippen molar-refractivity contribution in [2.75, 3.05) is 7.11 Å². The van der Waals surface area contributed by atoms with Crippen LogP contribution in [0.3, 0.4) is 0 Å². The number of methoxy groups -OCH3 is 1. The fourth-order valence-electron chi connectivity index (χ4n) is 2.80. The highest BCUT2D eigenvalue weighted by atomic mass is 79.9. The number of hydrogen-bond acceptors (Lipinski definition) is 2. The first-order chi connectivity index (χ1) is 8.30. The van der Waals surface area contributed by atoms with Gasteiger partial charge in [-0.05, 0) is 29.0 Å². The number of rotatable bonds is 4. The van der Waals surface area contributed by atoms with Crippen LogP contribution in [0.4, 0.5) is 0 Å². The first-order valence-electron chi connectivity index (χ1n) is 6.36. The maximum Gasteiger partial charge on any atom is 0.123 e. The third kappa shape index (κ3) is 2.19. The van der Waals surface area contributed by atoms with Gasteiger partial charge in [0.2, 0.25) is 0 Å². The van der Waals surface area contributed by atoms with Gasteiger partial charge in [0.15, 0.2) is 0 Å². The normalized spacial score (nSPS) is 20.8. The summed E-state index contributed by atoms with van der Waals surface area (Å²) in [6.07, 6.45) is 0. The van der Waals surface area contributed by atoms with Gasteiger partial charge in [0.05, 0.1) is 7.11 Å². The first kappa shape index (κ1) is 13.9. The summed E-state index contributed by atoms with van der Waals surface area (Å²) in [7, 11) is 1.72. The summed E-state index contributed by atoms with van der Waals surface area (Å²) in [5, 5.41) is 3.65. The molecule has 1 aromatic rings. The molecular formula is C15H22BrNO. The molecule has 0 bridgehead atoms. The van der Waals surface area contributed by atoms with Gasteiger partial charge in [-0.1, -0.05) is 43.6 Å². The lowest BCUT2D eigenvalue weighted by atomic mass is 10.0. The summed E-state index contributed by atoms with van der Waals surface area (Å²) < 4.78 is 6.49. The Hall–Kier alpha value is -0.540. The van der Waals surface area contributed by atoms with E-state index in [1.807, 2.05) is 12.1 Å². The second-order valence-corrected chi connectivity index (χ2v) is 7.13. The number of benzene rings is 1. The second-order valence-electron chi connectivity index (χ2n) is 6.21. The van der Waals surface area contributed by atoms with Crippen LogP contribution in [0.5, 0.6) is 5.75 Å². The van der Waals surface area contributed by atoms with E-state index in [2.05, 4.69) is 55.0 Å². The summed E-state index contributed by atoms with van der Waals surface area (Å²) in [5.74, 6) is 0.946. The SMILES string of the molecule is COc1ccc(Br)cc1CNC1C(C)(C)C1(C)C. The summed E-state index contributed by atoms with van der Waals surface area (Å²) in [5.41, 5.74) is 1.93. The molecular weight excluding hydrogens is 290 g/mol. The number of nitrogens with one attached hydrogen (secondary N) is 1. The zero-order valence-electron chi connectivity index (χ0n) is 11.8. The van der Waals surface area contributed by atoms with Crippen LogP contribution in [0.25, 0.3) is 0 Å². The van der Waals surface area contributed by atoms with Crippen LogP contribution in [-0.2, 0) is 6.54 Å². The number of ether oxygens (including phenoxy) is 1. The fourth-order valence-corrected chi connectivity index (χ4v) is 3.21. The number of halogens is 1. The molecule has 100 valence electrons. The van der Waals surface area contributed by atoms with E-state index in [0.717, 1.165) is 16.8 Å². The predicted molar refractivity (Wildman–Crippen MR) is 78.9 cm³/mol. The van der Waals surface area contributed by atoms with Crippen molar-refractivity contribution in [3.8, 4) is 5.75 Å². The molecule has 0 amide bonds. The molecule has 1 saturated carbocycles. The topological polar surface area (TPSA) is 21.3 Å². The van der Waals surface area contributed by atoms with Crippen LogP contribution < -0.4 is 10.1 Å². The third-order valence-electron chi connectivity index (χ3n) is 4.76. The molecule has 1 fully saturated rings. The van der Waals surface area contributed by atoms with Crippen LogP contribution in [0.1, 0.15) is 33.3 Å². The minimum absolute atomic E-state index is 0.367. The Labute approximate surface area is 118 Å². The summed E-state index contributed by atoms with van der Waals surface area (Å²) in [4.78, 5) is 0. The van der Waals surface area contributed by atoms with Crippen molar-refractivity contribution in [1.82, 2.24) is 5.32 Å². The summed E-state index contributed by atoms with van der Waals surface area (Å²) >= 11 is 3.51. The standard InChI is InChI=1S/C15H22BrNO/c1-14(2)13(15(14,3)4)17-9-10-8-11(16)6-7-12(10)18-5/h6-8,13,17H,9H2,1-5H3. The summed E-state index contributed by atoms with van der Waals surface area (Å²) in [6.45, 7) is 10.1. The lowest BCUT2D eigenvalue weighted by Gasteiger charge is -2.11. The van der Waals surface area contributed by atoms with Gasteiger partial charge in [-0.15, -0.1) is 0 Å². The van der Waals surface area contributed by atoms with E-state index in [1.165, 1.54) is 5.56 Å². The molecule has 1 N–H and O–H groups in total. The molecule has 2 nitrogen and oxygen atoms in total. The maximum absolute atomic E-state index is 5.40. The molecule has 0 saturated heterocycles. The highest BCUT2D eigenvalue weighted by Gasteiger charge is 2.64. The quantitative estimate of drug-likeness (QED) is 0.908. The van der Waals surface area contributed by atoms with Crippen molar-refractivity contribution in [2.24, 2.45) is 10.8 Å². The van der Waals surface area contributed by atoms with E-state index in [1.54, 1.807) is 7.11 Å². The van der Waals surface area contributed by atoms with Crippen molar-refractivity contribution in [3.05, 3.63) is 28.2 Å². The molecule has 0 spiro atoms. The van der Waals surface area contributed by atoms with Gasteiger partial charge in [0, 0.05) is 22.6 Å². The average molecular weight is 312 g/mol. The smallest absolute Gasteiger partial charge is 0.123 e. The van der Waals surface area contributed by atoms with E-state index in [-0.39, 0.29) is 0 Å². The molecule has 18 heavy (non-hydrogen) atoms. The third-order valence-corrected chi connectivity index (χ3v) is 5.25. The molecule has 0 aliphatic heterocycles. The highest BCUT2D eigenvalue weighted by molar-refractivity contribution is 9.10. The first-order valence-corrected chi connectivity index (χ1v) is 7.16. The van der Waals surface area contributed by atoms with E-state index in [4.69, 9.17) is 4.74 Å². The van der Waals surface area contributed by atoms with E-state index < -0.39 is 0 Å². The maximum atomic E-state index is 5.40. The molecule has 3 heteroatoms. The predicted octanol–water partition coefficient (Wildman–Crippen LogP) is 3.98. The van der Waals surface area contributed by atoms with Gasteiger partial charge in [-0.2, -0.15) is 0 Å². The minimum Gasteiger partial charge on any atom is -0.496 e.